The van der Waals surface area contributed by atoms with E-state index in [0.29, 0.717) is 19.3 Å². The third kappa shape index (κ3) is 20.7. The van der Waals surface area contributed by atoms with Crippen LogP contribution in [0.2, 0.25) is 0 Å². The molecule has 0 radical (unpaired) electrons. The third-order valence-corrected chi connectivity index (χ3v) is 11.1. The van der Waals surface area contributed by atoms with Crippen LogP contribution in [0.4, 0.5) is 9.59 Å². The topological polar surface area (TPSA) is 182 Å². The molecule has 14 heteroatoms. The van der Waals surface area contributed by atoms with Gasteiger partial charge < -0.3 is 39.1 Å². The van der Waals surface area contributed by atoms with E-state index in [1.165, 1.54) is 22.3 Å². The number of benzene rings is 2. The number of unbranched alkanes of at least 4 members (excludes halogenated alkanes) is 7. The van der Waals surface area contributed by atoms with Gasteiger partial charge in [-0.1, -0.05) is 100 Å². The number of alkyl carbamates (subject to hydrolysis) is 2. The number of hydrogen-bond acceptors (Lipinski definition) is 12. The summed E-state index contributed by atoms with van der Waals surface area (Å²) in [6.45, 7) is 18.3. The predicted octanol–water partition coefficient (Wildman–Crippen LogP) is 11.0. The summed E-state index contributed by atoms with van der Waals surface area (Å²) in [5.41, 5.74) is 2.87. The SMILES string of the molecule is CCCCOC(=O)C(CCC(=O)OCCCCCCC1(CCCCCCOC(=O)CCC(NC(=O)OC(C)(C)C)C(=O)OC(C)(C)C)c2ccccc2-c2ccccc21)NC(=O)OC(C)(C)C. The van der Waals surface area contributed by atoms with Crippen molar-refractivity contribution in [2.75, 3.05) is 19.8 Å². The van der Waals surface area contributed by atoms with Crippen LogP contribution in [0.25, 0.3) is 11.1 Å². The summed E-state index contributed by atoms with van der Waals surface area (Å²) in [6, 6.07) is 15.3. The monoisotopic (exact) mass is 937 g/mol. The largest absolute Gasteiger partial charge is 0.466 e. The number of hydrogen-bond donors (Lipinski definition) is 2. The zero-order chi connectivity index (χ0) is 49.7. The smallest absolute Gasteiger partial charge is 0.408 e. The van der Waals surface area contributed by atoms with Gasteiger partial charge in [0, 0.05) is 18.3 Å². The molecule has 3 rings (SSSR count). The quantitative estimate of drug-likeness (QED) is 0.0492. The Labute approximate surface area is 399 Å². The molecule has 0 aliphatic heterocycles. The van der Waals surface area contributed by atoms with Gasteiger partial charge in [0.05, 0.1) is 19.8 Å². The molecule has 67 heavy (non-hydrogen) atoms. The van der Waals surface area contributed by atoms with Crippen molar-refractivity contribution in [3.63, 3.8) is 0 Å². The molecule has 14 nitrogen and oxygen atoms in total. The molecular formula is C53H80N2O12. The second-order valence-electron chi connectivity index (χ2n) is 20.5. The van der Waals surface area contributed by atoms with Crippen molar-refractivity contribution in [1.82, 2.24) is 10.6 Å². The lowest BCUT2D eigenvalue weighted by atomic mass is 9.70. The summed E-state index contributed by atoms with van der Waals surface area (Å²) in [4.78, 5) is 75.8. The lowest BCUT2D eigenvalue weighted by Crippen LogP contribution is -2.46. The fourth-order valence-corrected chi connectivity index (χ4v) is 8.07. The average Bonchev–Trinajstić information content (AvgIpc) is 3.50. The zero-order valence-corrected chi connectivity index (χ0v) is 42.1. The van der Waals surface area contributed by atoms with Crippen LogP contribution >= 0.6 is 0 Å². The number of carbonyl (C=O) groups is 6. The summed E-state index contributed by atoms with van der Waals surface area (Å²) in [7, 11) is 0. The van der Waals surface area contributed by atoms with Crippen LogP contribution in [0.5, 0.6) is 0 Å². The zero-order valence-electron chi connectivity index (χ0n) is 42.1. The number of rotatable bonds is 27. The molecule has 0 saturated carbocycles. The van der Waals surface area contributed by atoms with Crippen LogP contribution < -0.4 is 10.6 Å². The number of fused-ring (bicyclic) bond motifs is 3. The number of amides is 2. The van der Waals surface area contributed by atoms with E-state index < -0.39 is 65.0 Å². The molecule has 1 aliphatic carbocycles. The summed E-state index contributed by atoms with van der Waals surface area (Å²) >= 11 is 0. The highest BCUT2D eigenvalue weighted by atomic mass is 16.6. The van der Waals surface area contributed by atoms with Crippen molar-refractivity contribution in [3.05, 3.63) is 59.7 Å². The fraction of sp³-hybridized carbons (Fsp3) is 0.660. The number of esters is 4. The van der Waals surface area contributed by atoms with Crippen molar-refractivity contribution < 1.29 is 57.2 Å². The minimum atomic E-state index is -1.06. The predicted molar refractivity (Wildman–Crippen MR) is 257 cm³/mol. The summed E-state index contributed by atoms with van der Waals surface area (Å²) in [5, 5.41) is 5.10. The molecule has 2 N–H and O–H groups in total. The Morgan fingerprint density at radius 1 is 0.493 bits per heavy atom. The van der Waals surface area contributed by atoms with E-state index >= 15 is 0 Å². The maximum atomic E-state index is 12.9. The fourth-order valence-electron chi connectivity index (χ4n) is 8.07. The van der Waals surface area contributed by atoms with Gasteiger partial charge in [0.1, 0.15) is 28.9 Å². The van der Waals surface area contributed by atoms with Crippen molar-refractivity contribution >= 4 is 36.1 Å². The Hall–Kier alpha value is -5.14. The second-order valence-corrected chi connectivity index (χ2v) is 20.5. The van der Waals surface area contributed by atoms with Gasteiger partial charge in [-0.25, -0.2) is 19.2 Å². The van der Waals surface area contributed by atoms with Crippen LogP contribution in [0.1, 0.15) is 183 Å². The van der Waals surface area contributed by atoms with Gasteiger partial charge in [0.15, 0.2) is 0 Å². The minimum Gasteiger partial charge on any atom is -0.466 e. The summed E-state index contributed by atoms with van der Waals surface area (Å²) < 4.78 is 32.5. The van der Waals surface area contributed by atoms with E-state index in [9.17, 15) is 28.8 Å². The Morgan fingerprint density at radius 2 is 0.881 bits per heavy atom. The molecule has 374 valence electrons. The molecule has 0 bridgehead atoms. The van der Waals surface area contributed by atoms with Crippen LogP contribution in [0, 0.1) is 0 Å². The van der Waals surface area contributed by atoms with Gasteiger partial charge in [0.25, 0.3) is 0 Å². The van der Waals surface area contributed by atoms with Gasteiger partial charge in [-0.2, -0.15) is 0 Å². The van der Waals surface area contributed by atoms with Gasteiger partial charge in [0.2, 0.25) is 0 Å². The Morgan fingerprint density at radius 3 is 1.30 bits per heavy atom. The Balaban J connectivity index is 1.47. The maximum Gasteiger partial charge on any atom is 0.408 e. The lowest BCUT2D eigenvalue weighted by Gasteiger charge is -2.33. The number of carbonyl (C=O) groups excluding carboxylic acids is 6. The first-order valence-corrected chi connectivity index (χ1v) is 24.4. The van der Waals surface area contributed by atoms with E-state index in [0.717, 1.165) is 57.8 Å². The number of nitrogens with one attached hydrogen (secondary N) is 2. The van der Waals surface area contributed by atoms with Crippen molar-refractivity contribution in [2.24, 2.45) is 0 Å². The van der Waals surface area contributed by atoms with Crippen molar-refractivity contribution in [1.29, 1.82) is 0 Å². The van der Waals surface area contributed by atoms with Gasteiger partial charge in [-0.15, -0.1) is 0 Å². The highest BCUT2D eigenvalue weighted by Crippen LogP contribution is 2.54. The highest BCUT2D eigenvalue weighted by molar-refractivity contribution is 5.84. The van der Waals surface area contributed by atoms with E-state index in [-0.39, 0.29) is 50.9 Å². The van der Waals surface area contributed by atoms with Gasteiger partial charge in [-0.05, 0) is 130 Å². The normalized spacial score (nSPS) is 13.8. The molecule has 2 aromatic rings. The third-order valence-electron chi connectivity index (χ3n) is 11.1. The van der Waals surface area contributed by atoms with Crippen LogP contribution in [-0.4, -0.2) is 84.8 Å². The van der Waals surface area contributed by atoms with Crippen LogP contribution in [0.3, 0.4) is 0 Å². The molecule has 0 heterocycles. The molecule has 0 fully saturated rings. The first-order valence-electron chi connectivity index (χ1n) is 24.4. The van der Waals surface area contributed by atoms with E-state index in [1.54, 1.807) is 62.3 Å². The van der Waals surface area contributed by atoms with Crippen LogP contribution in [0.15, 0.2) is 48.5 Å². The molecule has 0 saturated heterocycles. The Bertz CT molecular complexity index is 1860. The highest BCUT2D eigenvalue weighted by Gasteiger charge is 2.42. The summed E-state index contributed by atoms with van der Waals surface area (Å²) in [6.07, 6.45) is 9.03. The molecular weight excluding hydrogens is 857 g/mol. The molecule has 2 amide bonds. The molecule has 1 aliphatic rings. The number of ether oxygens (including phenoxy) is 6. The lowest BCUT2D eigenvalue weighted by molar-refractivity contribution is -0.158. The molecule has 0 aromatic heterocycles. The van der Waals surface area contributed by atoms with Crippen molar-refractivity contribution in [2.45, 2.75) is 206 Å². The van der Waals surface area contributed by atoms with E-state index in [2.05, 4.69) is 59.2 Å². The standard InChI is InChI=1S/C53H80N2O12/c1-11-12-35-64-46(58)42(54-48(60)66-51(5,6)7)29-31-44(56)62-36-23-15-13-21-33-53(40-27-19-17-25-38(40)39-26-18-20-28-41(39)53)34-22-14-16-24-37-63-45(57)32-30-43(47(59)65-50(2,3)4)55-49(61)67-52(8,9)10/h17-20,25-28,42-43H,11-16,21-24,29-37H2,1-10H3,(H,54,60)(H,55,61). The molecule has 2 aromatic carbocycles. The second kappa shape index (κ2) is 27.0. The first kappa shape index (κ1) is 56.2. The van der Waals surface area contributed by atoms with Gasteiger partial charge >= 0.3 is 36.1 Å². The van der Waals surface area contributed by atoms with Crippen molar-refractivity contribution in [3.8, 4) is 11.1 Å². The molecule has 2 unspecified atom stereocenters. The molecule has 2 atom stereocenters. The van der Waals surface area contributed by atoms with Gasteiger partial charge in [-0.3, -0.25) is 9.59 Å². The maximum absolute atomic E-state index is 12.9. The summed E-state index contributed by atoms with van der Waals surface area (Å²) in [5.74, 6) is -2.13. The molecule has 0 spiro atoms. The van der Waals surface area contributed by atoms with Crippen LogP contribution in [-0.2, 0) is 53.0 Å². The van der Waals surface area contributed by atoms with E-state index in [4.69, 9.17) is 28.4 Å². The van der Waals surface area contributed by atoms with E-state index in [1.807, 2.05) is 6.92 Å². The first-order chi connectivity index (χ1) is 31.5. The Kier molecular flexibility index (Phi) is 22.6. The average molecular weight is 937 g/mol. The minimum absolute atomic E-state index is 0.0176.